The Labute approximate surface area is 151 Å². The molecule has 1 fully saturated rings. The van der Waals surface area contributed by atoms with Gasteiger partial charge >= 0.3 is 0 Å². The molecular formula is C18H21ClN4O2. The number of aryl methyl sites for hydroxylation is 1. The van der Waals surface area contributed by atoms with Crippen LogP contribution in [0.25, 0.3) is 0 Å². The molecule has 7 heteroatoms. The summed E-state index contributed by atoms with van der Waals surface area (Å²) in [6.45, 7) is 5.19. The van der Waals surface area contributed by atoms with Gasteiger partial charge in [0.2, 0.25) is 5.91 Å². The molecule has 6 nitrogen and oxygen atoms in total. The molecule has 0 bridgehead atoms. The van der Waals surface area contributed by atoms with Crippen LogP contribution in [0.4, 0.5) is 5.69 Å². The topological polar surface area (TPSA) is 67.2 Å². The second-order valence-corrected chi connectivity index (χ2v) is 6.66. The van der Waals surface area contributed by atoms with E-state index < -0.39 is 0 Å². The Morgan fingerprint density at radius 3 is 2.76 bits per heavy atom. The zero-order valence-electron chi connectivity index (χ0n) is 14.3. The molecule has 1 saturated heterocycles. The number of aromatic nitrogens is 2. The van der Waals surface area contributed by atoms with Crippen molar-refractivity contribution in [3.8, 4) is 0 Å². The van der Waals surface area contributed by atoms with Crippen LogP contribution in [-0.4, -0.2) is 34.2 Å². The normalized spacial score (nSPS) is 17.2. The molecule has 1 atom stereocenters. The van der Waals surface area contributed by atoms with E-state index in [1.807, 2.05) is 23.7 Å². The van der Waals surface area contributed by atoms with E-state index >= 15 is 0 Å². The summed E-state index contributed by atoms with van der Waals surface area (Å²) >= 11 is 5.89. The number of halogens is 1. The number of amides is 2. The van der Waals surface area contributed by atoms with Crippen molar-refractivity contribution in [1.82, 2.24) is 15.1 Å². The molecule has 1 aliphatic rings. The van der Waals surface area contributed by atoms with Crippen LogP contribution in [0.2, 0.25) is 5.02 Å². The van der Waals surface area contributed by atoms with Gasteiger partial charge in [0.25, 0.3) is 5.91 Å². The van der Waals surface area contributed by atoms with Crippen LogP contribution in [0.5, 0.6) is 0 Å². The molecule has 0 spiro atoms. The van der Waals surface area contributed by atoms with Gasteiger partial charge in [-0.25, -0.2) is 0 Å². The molecule has 25 heavy (non-hydrogen) atoms. The number of hydrogen-bond donors (Lipinski definition) is 1. The van der Waals surface area contributed by atoms with Gasteiger partial charge in [-0.1, -0.05) is 18.5 Å². The highest BCUT2D eigenvalue weighted by molar-refractivity contribution is 6.30. The quantitative estimate of drug-likeness (QED) is 0.891. The van der Waals surface area contributed by atoms with Gasteiger partial charge in [0, 0.05) is 35.9 Å². The van der Waals surface area contributed by atoms with Gasteiger partial charge in [0.15, 0.2) is 0 Å². The molecule has 0 radical (unpaired) electrons. The number of nitrogens with one attached hydrogen (secondary N) is 1. The van der Waals surface area contributed by atoms with E-state index in [1.165, 1.54) is 0 Å². The predicted molar refractivity (Wildman–Crippen MR) is 96.9 cm³/mol. The largest absolute Gasteiger partial charge is 0.347 e. The van der Waals surface area contributed by atoms with Crippen molar-refractivity contribution in [3.63, 3.8) is 0 Å². The Hall–Kier alpha value is -2.34. The molecular weight excluding hydrogens is 340 g/mol. The Morgan fingerprint density at radius 2 is 2.08 bits per heavy atom. The Kier molecular flexibility index (Phi) is 5.08. The molecule has 1 aliphatic heterocycles. The summed E-state index contributed by atoms with van der Waals surface area (Å²) in [5, 5.41) is 7.83. The molecule has 132 valence electrons. The maximum Gasteiger partial charge on any atom is 0.255 e. The Morgan fingerprint density at radius 1 is 1.36 bits per heavy atom. The van der Waals surface area contributed by atoms with Gasteiger partial charge in [-0.05, 0) is 37.6 Å². The number of anilines is 1. The van der Waals surface area contributed by atoms with Gasteiger partial charge in [-0.3, -0.25) is 14.3 Å². The first-order valence-corrected chi connectivity index (χ1v) is 8.76. The van der Waals surface area contributed by atoms with Crippen molar-refractivity contribution in [2.75, 3.05) is 11.4 Å². The number of hydrogen-bond acceptors (Lipinski definition) is 3. The fraction of sp³-hybridized carbons (Fsp3) is 0.389. The lowest BCUT2D eigenvalue weighted by Gasteiger charge is -2.17. The van der Waals surface area contributed by atoms with Crippen LogP contribution in [0.15, 0.2) is 30.5 Å². The van der Waals surface area contributed by atoms with Gasteiger partial charge in [0.05, 0.1) is 17.8 Å². The van der Waals surface area contributed by atoms with Crippen molar-refractivity contribution < 1.29 is 9.59 Å². The summed E-state index contributed by atoms with van der Waals surface area (Å²) in [6, 6.07) is 6.90. The maximum atomic E-state index is 12.5. The lowest BCUT2D eigenvalue weighted by Crippen LogP contribution is -2.37. The number of rotatable bonds is 5. The highest BCUT2D eigenvalue weighted by Gasteiger charge is 2.32. The zero-order chi connectivity index (χ0) is 18.0. The second-order valence-electron chi connectivity index (χ2n) is 6.22. The third-order valence-electron chi connectivity index (χ3n) is 4.38. The standard InChI is InChI=1S/C18H21ClN4O2/c1-3-8-23-12(2)16(10-20-23)18(25)21-14-9-17(24)22(11-14)15-6-4-13(19)5-7-15/h4-7,10,14H,3,8-9,11H2,1-2H3,(H,21,25). The number of benzene rings is 1. The molecule has 1 aromatic carbocycles. The van der Waals surface area contributed by atoms with Crippen LogP contribution in [-0.2, 0) is 11.3 Å². The predicted octanol–water partition coefficient (Wildman–Crippen LogP) is 2.79. The fourth-order valence-corrected chi connectivity index (χ4v) is 3.17. The van der Waals surface area contributed by atoms with Gasteiger partial charge in [-0.2, -0.15) is 5.10 Å². The average molecular weight is 361 g/mol. The third-order valence-corrected chi connectivity index (χ3v) is 4.63. The number of nitrogens with zero attached hydrogens (tertiary/aromatic N) is 3. The summed E-state index contributed by atoms with van der Waals surface area (Å²) < 4.78 is 1.83. The van der Waals surface area contributed by atoms with Crippen LogP contribution in [0, 0.1) is 6.92 Å². The summed E-state index contributed by atoms with van der Waals surface area (Å²) in [5.74, 6) is -0.193. The highest BCUT2D eigenvalue weighted by atomic mass is 35.5. The molecule has 1 N–H and O–H groups in total. The minimum atomic E-state index is -0.218. The van der Waals surface area contributed by atoms with Crippen molar-refractivity contribution in [1.29, 1.82) is 0 Å². The molecule has 3 rings (SSSR count). The smallest absolute Gasteiger partial charge is 0.255 e. The van der Waals surface area contributed by atoms with E-state index in [4.69, 9.17) is 11.6 Å². The first-order chi connectivity index (χ1) is 12.0. The van der Waals surface area contributed by atoms with E-state index in [0.29, 0.717) is 17.1 Å². The van der Waals surface area contributed by atoms with Gasteiger partial charge < -0.3 is 10.2 Å². The summed E-state index contributed by atoms with van der Waals surface area (Å²) in [5.41, 5.74) is 2.20. The third kappa shape index (κ3) is 3.69. The molecule has 2 aromatic rings. The van der Waals surface area contributed by atoms with Crippen molar-refractivity contribution in [2.45, 2.75) is 39.3 Å². The van der Waals surface area contributed by atoms with Crippen molar-refractivity contribution in [3.05, 3.63) is 46.7 Å². The van der Waals surface area contributed by atoms with Gasteiger partial charge in [0.1, 0.15) is 0 Å². The molecule has 2 heterocycles. The number of carbonyl (C=O) groups excluding carboxylic acids is 2. The average Bonchev–Trinajstić information content (AvgIpc) is 3.12. The lowest BCUT2D eigenvalue weighted by molar-refractivity contribution is -0.117. The molecule has 1 unspecified atom stereocenters. The molecule has 2 amide bonds. The van der Waals surface area contributed by atoms with E-state index in [2.05, 4.69) is 17.3 Å². The molecule has 0 saturated carbocycles. The van der Waals surface area contributed by atoms with Crippen LogP contribution in [0.3, 0.4) is 0 Å². The Bertz CT molecular complexity index is 785. The first-order valence-electron chi connectivity index (χ1n) is 8.38. The summed E-state index contributed by atoms with van der Waals surface area (Å²) in [4.78, 5) is 26.5. The SMILES string of the molecule is CCCn1ncc(C(=O)NC2CC(=O)N(c3ccc(Cl)cc3)C2)c1C. The Balaban J connectivity index is 1.67. The minimum absolute atomic E-state index is 0.00831. The first kappa shape index (κ1) is 17.5. The van der Waals surface area contributed by atoms with E-state index in [0.717, 1.165) is 24.3 Å². The van der Waals surface area contributed by atoms with Crippen LogP contribution >= 0.6 is 11.6 Å². The highest BCUT2D eigenvalue weighted by Crippen LogP contribution is 2.23. The van der Waals surface area contributed by atoms with Gasteiger partial charge in [-0.15, -0.1) is 0 Å². The van der Waals surface area contributed by atoms with Crippen LogP contribution in [0.1, 0.15) is 35.8 Å². The van der Waals surface area contributed by atoms with E-state index in [9.17, 15) is 9.59 Å². The second kappa shape index (κ2) is 7.27. The maximum absolute atomic E-state index is 12.5. The summed E-state index contributed by atoms with van der Waals surface area (Å²) in [7, 11) is 0. The fourth-order valence-electron chi connectivity index (χ4n) is 3.04. The minimum Gasteiger partial charge on any atom is -0.347 e. The van der Waals surface area contributed by atoms with E-state index in [1.54, 1.807) is 23.2 Å². The van der Waals surface area contributed by atoms with Crippen molar-refractivity contribution >= 4 is 29.1 Å². The lowest BCUT2D eigenvalue weighted by atomic mass is 10.2. The summed E-state index contributed by atoms with van der Waals surface area (Å²) in [6.07, 6.45) is 2.83. The molecule has 1 aromatic heterocycles. The van der Waals surface area contributed by atoms with E-state index in [-0.39, 0.29) is 24.3 Å². The molecule has 0 aliphatic carbocycles. The monoisotopic (exact) mass is 360 g/mol. The van der Waals surface area contributed by atoms with Crippen molar-refractivity contribution in [2.24, 2.45) is 0 Å². The number of carbonyl (C=O) groups is 2. The van der Waals surface area contributed by atoms with Crippen LogP contribution < -0.4 is 10.2 Å². The zero-order valence-corrected chi connectivity index (χ0v) is 15.1.